The Kier molecular flexibility index (Phi) is 11.8. The lowest BCUT2D eigenvalue weighted by atomic mass is 10.0. The van der Waals surface area contributed by atoms with E-state index in [0.717, 1.165) is 25.7 Å². The minimum Gasteiger partial charge on any atom is -0.316 e. The lowest BCUT2D eigenvalue weighted by molar-refractivity contribution is 0.270. The topological polar surface area (TPSA) is 104 Å². The minimum atomic E-state index is -4.94. The van der Waals surface area contributed by atoms with Gasteiger partial charge in [0.2, 0.25) is 0 Å². The second-order valence-corrected chi connectivity index (χ2v) is 11.6. The fourth-order valence-electron chi connectivity index (χ4n) is 1.98. The zero-order valence-electron chi connectivity index (χ0n) is 14.8. The molecule has 0 aromatic carbocycles. The van der Waals surface area contributed by atoms with E-state index in [0.29, 0.717) is 29.5 Å². The summed E-state index contributed by atoms with van der Waals surface area (Å²) in [5.41, 5.74) is 2.70. The number of phosphoric acid groups is 1. The van der Waals surface area contributed by atoms with Crippen molar-refractivity contribution in [3.8, 4) is 0 Å². The first-order chi connectivity index (χ1) is 10.9. The summed E-state index contributed by atoms with van der Waals surface area (Å²) in [7, 11) is -4.94. The maximum absolute atomic E-state index is 11.5. The first kappa shape index (κ1) is 24.1. The van der Waals surface area contributed by atoms with Crippen LogP contribution < -0.4 is 0 Å². The van der Waals surface area contributed by atoms with E-state index >= 15 is 0 Å². The molecule has 0 aliphatic heterocycles. The molecule has 0 aromatic heterocycles. The van der Waals surface area contributed by atoms with E-state index in [4.69, 9.17) is 9.79 Å². The quantitative estimate of drug-likeness (QED) is 0.296. The molecule has 0 aliphatic rings. The van der Waals surface area contributed by atoms with Crippen molar-refractivity contribution in [2.45, 2.75) is 59.8 Å². The Morgan fingerprint density at radius 3 is 2.25 bits per heavy atom. The molecule has 0 spiro atoms. The predicted octanol–water partition coefficient (Wildman–Crippen LogP) is 5.43. The highest BCUT2D eigenvalue weighted by molar-refractivity contribution is 8.55. The molecule has 9 heteroatoms. The molecule has 0 aromatic rings. The van der Waals surface area contributed by atoms with Crippen molar-refractivity contribution in [1.82, 2.24) is 0 Å². The van der Waals surface area contributed by atoms with Gasteiger partial charge in [-0.3, -0.25) is 0 Å². The largest absolute Gasteiger partial charge is 0.477 e. The summed E-state index contributed by atoms with van der Waals surface area (Å²) < 4.78 is 25.9. The number of rotatable bonds is 12. The monoisotopic (exact) mass is 400 g/mol. The van der Waals surface area contributed by atoms with Gasteiger partial charge in [-0.15, -0.1) is 0 Å². The zero-order chi connectivity index (χ0) is 18.8. The van der Waals surface area contributed by atoms with Gasteiger partial charge in [-0.05, 0) is 70.2 Å². The van der Waals surface area contributed by atoms with Crippen LogP contribution in [0.1, 0.15) is 59.8 Å². The Hall–Kier alpha value is 0.130. The fraction of sp³-hybridized carbons (Fsp3) is 0.733. The van der Waals surface area contributed by atoms with Crippen LogP contribution in [0.4, 0.5) is 0 Å². The lowest BCUT2D eigenvalue weighted by Gasteiger charge is -2.13. The molecule has 0 radical (unpaired) electrons. The molecule has 142 valence electrons. The van der Waals surface area contributed by atoms with Crippen LogP contribution in [-0.2, 0) is 13.4 Å². The summed E-state index contributed by atoms with van der Waals surface area (Å²) in [5, 5.41) is 0. The smallest absolute Gasteiger partial charge is 0.316 e. The molecule has 0 bridgehead atoms. The van der Waals surface area contributed by atoms with Gasteiger partial charge < -0.3 is 14.7 Å². The van der Waals surface area contributed by atoms with Crippen LogP contribution in [0.2, 0.25) is 0 Å². The molecule has 0 fully saturated rings. The van der Waals surface area contributed by atoms with Crippen LogP contribution in [0.3, 0.4) is 0 Å². The average Bonchev–Trinajstić information content (AvgIpc) is 2.34. The third-order valence-electron chi connectivity index (χ3n) is 3.32. The third-order valence-corrected chi connectivity index (χ3v) is 7.87. The van der Waals surface area contributed by atoms with Crippen LogP contribution in [0, 0.1) is 5.92 Å². The van der Waals surface area contributed by atoms with Gasteiger partial charge in [0, 0.05) is 5.75 Å². The molecule has 0 saturated carbocycles. The van der Waals surface area contributed by atoms with Crippen LogP contribution in [0.15, 0.2) is 23.3 Å². The Morgan fingerprint density at radius 1 is 1.08 bits per heavy atom. The van der Waals surface area contributed by atoms with Gasteiger partial charge in [0.25, 0.3) is 0 Å². The zero-order valence-corrected chi connectivity index (χ0v) is 17.4. The summed E-state index contributed by atoms with van der Waals surface area (Å²) in [6.07, 6.45) is 9.19. The second-order valence-electron chi connectivity index (χ2n) is 6.22. The Balaban J connectivity index is 3.98. The number of hydrogen-bond acceptors (Lipinski definition) is 4. The molecule has 3 N–H and O–H groups in total. The molecule has 0 aliphatic carbocycles. The van der Waals surface area contributed by atoms with Crippen LogP contribution in [-0.4, -0.2) is 20.4 Å². The maximum Gasteiger partial charge on any atom is 0.477 e. The Bertz CT molecular complexity index is 522. The summed E-state index contributed by atoms with van der Waals surface area (Å²) in [5.74, 6) is 0.674. The van der Waals surface area contributed by atoms with Crippen molar-refractivity contribution in [3.05, 3.63) is 23.3 Å². The standard InChI is InChI=1S/C15H30O6P2S/c1-13(2)7-5-8-14(3)9-6-10-15(4)11-12-24-23(19,20)21-22(16,17)18/h7,9,15H,5-6,8,10-12H2,1-4H3,(H,19,20)(H2,16,17,18)/b14-9+. The minimum absolute atomic E-state index is 0.318. The van der Waals surface area contributed by atoms with Crippen molar-refractivity contribution in [1.29, 1.82) is 0 Å². The van der Waals surface area contributed by atoms with E-state index < -0.39 is 14.6 Å². The molecular weight excluding hydrogens is 370 g/mol. The molecule has 2 atom stereocenters. The van der Waals surface area contributed by atoms with Gasteiger partial charge >= 0.3 is 14.6 Å². The SMILES string of the molecule is CC(C)=CCC/C(C)=C/CCC(C)CCSP(=O)(O)OP(=O)(O)O. The summed E-state index contributed by atoms with van der Waals surface area (Å²) >= 11 is 0.562. The molecule has 0 heterocycles. The van der Waals surface area contributed by atoms with Gasteiger partial charge in [-0.25, -0.2) is 9.13 Å². The first-order valence-corrected chi connectivity index (χ1v) is 12.6. The third kappa shape index (κ3) is 15.6. The van der Waals surface area contributed by atoms with Gasteiger partial charge in [0.15, 0.2) is 0 Å². The number of allylic oxidation sites excluding steroid dienone is 4. The van der Waals surface area contributed by atoms with Crippen LogP contribution in [0.5, 0.6) is 0 Å². The number of hydrogen-bond donors (Lipinski definition) is 3. The average molecular weight is 400 g/mol. The maximum atomic E-state index is 11.5. The summed E-state index contributed by atoms with van der Waals surface area (Å²) in [6, 6.07) is 0. The normalized spacial score (nSPS) is 16.5. The van der Waals surface area contributed by atoms with E-state index in [1.807, 2.05) is 0 Å². The van der Waals surface area contributed by atoms with Gasteiger partial charge in [-0.1, -0.05) is 30.2 Å². The Morgan fingerprint density at radius 2 is 1.71 bits per heavy atom. The van der Waals surface area contributed by atoms with E-state index in [1.54, 1.807) is 0 Å². The molecule has 2 unspecified atom stereocenters. The summed E-state index contributed by atoms with van der Waals surface area (Å²) in [6.45, 7) is 4.07. The Labute approximate surface area is 149 Å². The van der Waals surface area contributed by atoms with Crippen molar-refractivity contribution in [2.24, 2.45) is 5.92 Å². The molecule has 0 amide bonds. The van der Waals surface area contributed by atoms with Gasteiger partial charge in [0.05, 0.1) is 0 Å². The van der Waals surface area contributed by atoms with E-state index in [2.05, 4.69) is 44.2 Å². The van der Waals surface area contributed by atoms with E-state index in [9.17, 15) is 14.0 Å². The molecule has 0 rings (SSSR count). The van der Waals surface area contributed by atoms with Crippen LogP contribution in [0.25, 0.3) is 0 Å². The first-order valence-electron chi connectivity index (χ1n) is 7.94. The van der Waals surface area contributed by atoms with Crippen molar-refractivity contribution < 1.29 is 28.1 Å². The van der Waals surface area contributed by atoms with Crippen molar-refractivity contribution >= 4 is 26.0 Å². The van der Waals surface area contributed by atoms with Crippen molar-refractivity contribution in [2.75, 3.05) is 5.75 Å². The fourth-order valence-corrected chi connectivity index (χ4v) is 6.19. The van der Waals surface area contributed by atoms with E-state index in [-0.39, 0.29) is 0 Å². The van der Waals surface area contributed by atoms with Gasteiger partial charge in [-0.2, -0.15) is 4.31 Å². The predicted molar refractivity (Wildman–Crippen MR) is 101 cm³/mol. The van der Waals surface area contributed by atoms with Crippen molar-refractivity contribution in [3.63, 3.8) is 0 Å². The molecule has 0 saturated heterocycles. The second kappa shape index (κ2) is 11.7. The highest BCUT2D eigenvalue weighted by atomic mass is 32.7. The summed E-state index contributed by atoms with van der Waals surface area (Å²) in [4.78, 5) is 26.4. The van der Waals surface area contributed by atoms with Gasteiger partial charge in [0.1, 0.15) is 0 Å². The van der Waals surface area contributed by atoms with Crippen LogP contribution >= 0.6 is 26.0 Å². The lowest BCUT2D eigenvalue weighted by Crippen LogP contribution is -1.96. The molecule has 24 heavy (non-hydrogen) atoms. The van der Waals surface area contributed by atoms with E-state index in [1.165, 1.54) is 11.1 Å². The highest BCUT2D eigenvalue weighted by Gasteiger charge is 2.31. The highest BCUT2D eigenvalue weighted by Crippen LogP contribution is 2.65. The molecule has 6 nitrogen and oxygen atoms in total. The molecular formula is C15H30O6P2S.